The van der Waals surface area contributed by atoms with Crippen molar-refractivity contribution in [1.82, 2.24) is 9.80 Å². The van der Waals surface area contributed by atoms with Crippen molar-refractivity contribution in [3.05, 3.63) is 23.8 Å². The molecule has 1 aromatic carbocycles. The zero-order valence-corrected chi connectivity index (χ0v) is 18.6. The number of hydrogen-bond donors (Lipinski definition) is 1. The van der Waals surface area contributed by atoms with Crippen LogP contribution < -0.4 is 9.47 Å². The summed E-state index contributed by atoms with van der Waals surface area (Å²) in [4.78, 5) is 4.68. The SMILES string of the molecule is COc1cc(CN2CCC3(CCO3)CC2)ccc1OCC(O)CN1CCC(C#N)CC1. The molecule has 1 aromatic rings. The number of hydrogen-bond acceptors (Lipinski definition) is 7. The van der Waals surface area contributed by atoms with Gasteiger partial charge in [-0.1, -0.05) is 6.07 Å². The smallest absolute Gasteiger partial charge is 0.161 e. The van der Waals surface area contributed by atoms with E-state index in [1.807, 2.05) is 12.1 Å². The fourth-order valence-electron chi connectivity index (χ4n) is 4.87. The molecule has 0 bridgehead atoms. The van der Waals surface area contributed by atoms with Crippen molar-refractivity contribution in [2.24, 2.45) is 5.92 Å². The number of aliphatic hydroxyl groups is 1. The van der Waals surface area contributed by atoms with E-state index in [1.165, 1.54) is 12.0 Å². The van der Waals surface area contributed by atoms with Gasteiger partial charge in [-0.25, -0.2) is 0 Å². The summed E-state index contributed by atoms with van der Waals surface area (Å²) in [6, 6.07) is 8.41. The molecule has 3 aliphatic rings. The van der Waals surface area contributed by atoms with E-state index < -0.39 is 6.10 Å². The number of benzene rings is 1. The lowest BCUT2D eigenvalue weighted by Crippen LogP contribution is -2.52. The monoisotopic (exact) mass is 429 g/mol. The van der Waals surface area contributed by atoms with Crippen LogP contribution in [0.3, 0.4) is 0 Å². The van der Waals surface area contributed by atoms with Crippen LogP contribution in [0, 0.1) is 17.2 Å². The molecule has 3 saturated heterocycles. The predicted molar refractivity (Wildman–Crippen MR) is 117 cm³/mol. The van der Waals surface area contributed by atoms with Crippen molar-refractivity contribution in [2.75, 3.05) is 53.0 Å². The van der Waals surface area contributed by atoms with Gasteiger partial charge in [0.05, 0.1) is 25.4 Å². The van der Waals surface area contributed by atoms with Crippen LogP contribution in [-0.4, -0.2) is 79.7 Å². The van der Waals surface area contributed by atoms with Gasteiger partial charge in [0.15, 0.2) is 11.5 Å². The summed E-state index contributed by atoms with van der Waals surface area (Å²) in [7, 11) is 1.65. The molecule has 1 atom stereocenters. The van der Waals surface area contributed by atoms with Crippen molar-refractivity contribution >= 4 is 0 Å². The first-order valence-electron chi connectivity index (χ1n) is 11.6. The number of rotatable bonds is 8. The van der Waals surface area contributed by atoms with Gasteiger partial charge in [0, 0.05) is 32.1 Å². The largest absolute Gasteiger partial charge is 0.493 e. The van der Waals surface area contributed by atoms with E-state index in [4.69, 9.17) is 19.5 Å². The van der Waals surface area contributed by atoms with E-state index >= 15 is 0 Å². The highest BCUT2D eigenvalue weighted by molar-refractivity contribution is 5.43. The van der Waals surface area contributed by atoms with Crippen LogP contribution in [0.1, 0.15) is 37.7 Å². The van der Waals surface area contributed by atoms with Gasteiger partial charge in [0.1, 0.15) is 12.7 Å². The normalized spacial score (nSPS) is 23.1. The van der Waals surface area contributed by atoms with E-state index in [0.717, 1.165) is 65.0 Å². The van der Waals surface area contributed by atoms with Crippen molar-refractivity contribution in [1.29, 1.82) is 5.26 Å². The molecular formula is C24H35N3O4. The van der Waals surface area contributed by atoms with Gasteiger partial charge < -0.3 is 24.2 Å². The fraction of sp³-hybridized carbons (Fsp3) is 0.708. The Morgan fingerprint density at radius 3 is 2.52 bits per heavy atom. The third-order valence-corrected chi connectivity index (χ3v) is 7.04. The second-order valence-corrected chi connectivity index (χ2v) is 9.21. The second-order valence-electron chi connectivity index (χ2n) is 9.21. The van der Waals surface area contributed by atoms with Crippen LogP contribution in [0.2, 0.25) is 0 Å². The highest BCUT2D eigenvalue weighted by Crippen LogP contribution is 2.37. The molecule has 31 heavy (non-hydrogen) atoms. The standard InChI is InChI=1S/C24H35N3O4/c1-29-23-14-20(16-27-11-6-24(7-12-27)8-13-31-24)2-3-22(23)30-18-21(28)17-26-9-4-19(15-25)5-10-26/h2-3,14,19,21,28H,4-13,16-18H2,1H3. The Balaban J connectivity index is 1.24. The van der Waals surface area contributed by atoms with Crippen LogP contribution in [0.25, 0.3) is 0 Å². The van der Waals surface area contributed by atoms with Gasteiger partial charge >= 0.3 is 0 Å². The molecule has 0 amide bonds. The summed E-state index contributed by atoms with van der Waals surface area (Å²) >= 11 is 0. The van der Waals surface area contributed by atoms with Gasteiger partial charge in [-0.15, -0.1) is 0 Å². The number of β-amino-alcohol motifs (C(OH)–C–C–N with tert-alkyl or cyclic N) is 1. The minimum Gasteiger partial charge on any atom is -0.493 e. The summed E-state index contributed by atoms with van der Waals surface area (Å²) in [5, 5.41) is 19.4. The molecule has 3 fully saturated rings. The van der Waals surface area contributed by atoms with Crippen LogP contribution in [0.4, 0.5) is 0 Å². The average Bonchev–Trinajstić information content (AvgIpc) is 2.78. The number of nitrogens with zero attached hydrogens (tertiary/aromatic N) is 3. The number of ether oxygens (including phenoxy) is 3. The number of piperidine rings is 2. The van der Waals surface area contributed by atoms with Crippen LogP contribution >= 0.6 is 0 Å². The molecule has 4 rings (SSSR count). The van der Waals surface area contributed by atoms with Crippen LogP contribution in [0.15, 0.2) is 18.2 Å². The molecule has 3 aliphatic heterocycles. The first-order valence-corrected chi connectivity index (χ1v) is 11.6. The highest BCUT2D eigenvalue weighted by atomic mass is 16.5. The molecule has 7 heteroatoms. The first-order chi connectivity index (χ1) is 15.1. The average molecular weight is 430 g/mol. The number of likely N-dealkylation sites (tertiary alicyclic amines) is 2. The number of methoxy groups -OCH3 is 1. The summed E-state index contributed by atoms with van der Waals surface area (Å²) in [6.45, 7) is 6.46. The molecule has 3 heterocycles. The summed E-state index contributed by atoms with van der Waals surface area (Å²) in [6.07, 6.45) is 4.64. The van der Waals surface area contributed by atoms with E-state index in [9.17, 15) is 5.11 Å². The van der Waals surface area contributed by atoms with Crippen molar-refractivity contribution < 1.29 is 19.3 Å². The first kappa shape index (κ1) is 22.3. The van der Waals surface area contributed by atoms with Crippen LogP contribution in [-0.2, 0) is 11.3 Å². The van der Waals surface area contributed by atoms with Gasteiger partial charge in [-0.3, -0.25) is 4.90 Å². The number of nitriles is 1. The fourth-order valence-corrected chi connectivity index (χ4v) is 4.87. The van der Waals surface area contributed by atoms with E-state index in [0.29, 0.717) is 18.0 Å². The minimum atomic E-state index is -0.572. The third-order valence-electron chi connectivity index (χ3n) is 7.04. The molecule has 1 spiro atoms. The Morgan fingerprint density at radius 2 is 1.90 bits per heavy atom. The second kappa shape index (κ2) is 10.2. The van der Waals surface area contributed by atoms with Gasteiger partial charge in [-0.2, -0.15) is 5.26 Å². The molecule has 0 saturated carbocycles. The highest BCUT2D eigenvalue weighted by Gasteiger charge is 2.40. The third kappa shape index (κ3) is 5.69. The molecule has 1 unspecified atom stereocenters. The number of aliphatic hydroxyl groups excluding tert-OH is 1. The Hall–Kier alpha value is -1.85. The maximum Gasteiger partial charge on any atom is 0.161 e. The van der Waals surface area contributed by atoms with Crippen molar-refractivity contribution in [2.45, 2.75) is 50.4 Å². The Labute approximate surface area is 185 Å². The lowest BCUT2D eigenvalue weighted by molar-refractivity contribution is -0.173. The minimum absolute atomic E-state index is 0.157. The quantitative estimate of drug-likeness (QED) is 0.680. The summed E-state index contributed by atoms with van der Waals surface area (Å²) in [5.41, 5.74) is 1.38. The molecule has 1 N–H and O–H groups in total. The van der Waals surface area contributed by atoms with E-state index in [-0.39, 0.29) is 18.1 Å². The molecule has 0 aliphatic carbocycles. The molecule has 170 valence electrons. The Bertz CT molecular complexity index is 759. The molecule has 0 aromatic heterocycles. The summed E-state index contributed by atoms with van der Waals surface area (Å²) in [5.74, 6) is 1.52. The lowest BCUT2D eigenvalue weighted by Gasteiger charge is -2.47. The zero-order chi connectivity index (χ0) is 21.7. The summed E-state index contributed by atoms with van der Waals surface area (Å²) < 4.78 is 17.3. The zero-order valence-electron chi connectivity index (χ0n) is 18.6. The maximum atomic E-state index is 10.4. The molecular weight excluding hydrogens is 394 g/mol. The van der Waals surface area contributed by atoms with Crippen LogP contribution in [0.5, 0.6) is 11.5 Å². The topological polar surface area (TPSA) is 78.2 Å². The maximum absolute atomic E-state index is 10.4. The Kier molecular flexibility index (Phi) is 7.34. The van der Waals surface area contributed by atoms with Gasteiger partial charge in [0.25, 0.3) is 0 Å². The van der Waals surface area contributed by atoms with Crippen molar-refractivity contribution in [3.8, 4) is 17.6 Å². The lowest BCUT2D eigenvalue weighted by atomic mass is 9.84. The Morgan fingerprint density at radius 1 is 1.16 bits per heavy atom. The molecule has 0 radical (unpaired) electrons. The van der Waals surface area contributed by atoms with E-state index in [2.05, 4.69) is 21.9 Å². The van der Waals surface area contributed by atoms with Gasteiger partial charge in [-0.05, 0) is 62.9 Å². The van der Waals surface area contributed by atoms with Gasteiger partial charge in [0.2, 0.25) is 0 Å². The van der Waals surface area contributed by atoms with Crippen molar-refractivity contribution in [3.63, 3.8) is 0 Å². The molecule has 7 nitrogen and oxygen atoms in total. The van der Waals surface area contributed by atoms with E-state index in [1.54, 1.807) is 7.11 Å². The predicted octanol–water partition coefficient (Wildman–Crippen LogP) is 2.43.